The van der Waals surface area contributed by atoms with E-state index in [1.54, 1.807) is 23.5 Å². The maximum Gasteiger partial charge on any atom is 0.262 e. The zero-order valence-electron chi connectivity index (χ0n) is 12.9. The van der Waals surface area contributed by atoms with Crippen LogP contribution >= 0.6 is 22.9 Å². The van der Waals surface area contributed by atoms with Crippen molar-refractivity contribution < 1.29 is 13.2 Å². The van der Waals surface area contributed by atoms with Crippen LogP contribution in [0.4, 0.5) is 0 Å². The molecule has 4 rings (SSSR count). The zero-order chi connectivity index (χ0) is 17.1. The first-order valence-electron chi connectivity index (χ1n) is 7.50. The molecule has 0 aliphatic carbocycles. The number of carbonyl (C=O) groups is 1. The summed E-state index contributed by atoms with van der Waals surface area (Å²) >= 11 is 7.40. The minimum absolute atomic E-state index is 0.0227. The molecule has 2 aromatic rings. The number of piperazine rings is 2. The normalized spacial score (nSPS) is 23.8. The first-order valence-corrected chi connectivity index (χ1v) is 10.2. The predicted octanol–water partition coefficient (Wildman–Crippen LogP) is 0.196. The number of sulfonamides is 1. The topological polar surface area (TPSA) is 78.2 Å². The highest BCUT2D eigenvalue weighted by molar-refractivity contribution is 7.89. The highest BCUT2D eigenvalue weighted by atomic mass is 35.5. The number of hydrogen-bond acceptors (Lipinski definition) is 6. The SMILES string of the molecule is CN1CCN2CCN(S(=O)(=O)c3c(Cl)nc4sccn34)CC2C1=O. The second kappa shape index (κ2) is 5.67. The summed E-state index contributed by atoms with van der Waals surface area (Å²) in [4.78, 5) is 20.7. The smallest absolute Gasteiger partial charge is 0.262 e. The highest BCUT2D eigenvalue weighted by Crippen LogP contribution is 2.29. The van der Waals surface area contributed by atoms with E-state index in [2.05, 4.69) is 4.98 Å². The lowest BCUT2D eigenvalue weighted by Gasteiger charge is -2.44. The second-order valence-corrected chi connectivity index (χ2v) is 9.02. The maximum atomic E-state index is 13.1. The van der Waals surface area contributed by atoms with Crippen LogP contribution in [-0.4, -0.2) is 83.6 Å². The van der Waals surface area contributed by atoms with Crippen LogP contribution in [0.2, 0.25) is 5.15 Å². The molecule has 2 saturated heterocycles. The minimum Gasteiger partial charge on any atom is -0.343 e. The zero-order valence-corrected chi connectivity index (χ0v) is 15.3. The Hall–Kier alpha value is -1.20. The van der Waals surface area contributed by atoms with E-state index in [0.29, 0.717) is 24.6 Å². The van der Waals surface area contributed by atoms with Gasteiger partial charge >= 0.3 is 0 Å². The van der Waals surface area contributed by atoms with Crippen molar-refractivity contribution in [1.29, 1.82) is 0 Å². The average Bonchev–Trinajstić information content (AvgIpc) is 3.10. The molecule has 1 amide bonds. The number of hydrogen-bond donors (Lipinski definition) is 0. The number of fused-ring (bicyclic) bond motifs is 2. The Morgan fingerprint density at radius 2 is 2.04 bits per heavy atom. The molecule has 0 saturated carbocycles. The fraction of sp³-hybridized carbons (Fsp3) is 0.538. The third kappa shape index (κ3) is 2.36. The Kier molecular flexibility index (Phi) is 3.84. The molecule has 2 aliphatic heterocycles. The minimum atomic E-state index is -3.83. The molecule has 0 radical (unpaired) electrons. The first-order chi connectivity index (χ1) is 11.4. The molecule has 130 valence electrons. The van der Waals surface area contributed by atoms with Gasteiger partial charge in [0.25, 0.3) is 10.0 Å². The molecule has 0 spiro atoms. The number of thiazole rings is 1. The van der Waals surface area contributed by atoms with Crippen LogP contribution in [0, 0.1) is 0 Å². The van der Waals surface area contributed by atoms with Crippen LogP contribution in [-0.2, 0) is 14.8 Å². The number of likely N-dealkylation sites (N-methyl/N-ethyl adjacent to an activating group) is 1. The fourth-order valence-electron chi connectivity index (χ4n) is 3.25. The molecule has 4 heterocycles. The number of imidazole rings is 1. The van der Waals surface area contributed by atoms with E-state index in [1.165, 1.54) is 20.0 Å². The molecule has 0 bridgehead atoms. The van der Waals surface area contributed by atoms with Gasteiger partial charge in [0.15, 0.2) is 15.1 Å². The lowest BCUT2D eigenvalue weighted by molar-refractivity contribution is -0.142. The fourth-order valence-corrected chi connectivity index (χ4v) is 6.09. The molecule has 24 heavy (non-hydrogen) atoms. The predicted molar refractivity (Wildman–Crippen MR) is 89.8 cm³/mol. The van der Waals surface area contributed by atoms with Crippen LogP contribution < -0.4 is 0 Å². The Morgan fingerprint density at radius 3 is 2.83 bits per heavy atom. The van der Waals surface area contributed by atoms with E-state index in [4.69, 9.17) is 11.6 Å². The van der Waals surface area contributed by atoms with Crippen molar-refractivity contribution in [1.82, 2.24) is 23.5 Å². The molecule has 1 unspecified atom stereocenters. The van der Waals surface area contributed by atoms with Crippen molar-refractivity contribution in [3.63, 3.8) is 0 Å². The summed E-state index contributed by atoms with van der Waals surface area (Å²) in [5.41, 5.74) is 0. The molecule has 0 aromatic carbocycles. The van der Waals surface area contributed by atoms with Crippen molar-refractivity contribution in [3.8, 4) is 0 Å². The number of amides is 1. The maximum absolute atomic E-state index is 13.1. The molecule has 2 fully saturated rings. The number of rotatable bonds is 2. The van der Waals surface area contributed by atoms with E-state index in [9.17, 15) is 13.2 Å². The van der Waals surface area contributed by atoms with Crippen LogP contribution in [0.3, 0.4) is 0 Å². The Balaban J connectivity index is 1.69. The molecule has 0 N–H and O–H groups in total. The highest BCUT2D eigenvalue weighted by Gasteiger charge is 2.42. The summed E-state index contributed by atoms with van der Waals surface area (Å²) in [5.74, 6) is -0.0405. The van der Waals surface area contributed by atoms with E-state index in [-0.39, 0.29) is 22.6 Å². The molecule has 11 heteroatoms. The van der Waals surface area contributed by atoms with Gasteiger partial charge in [0.05, 0.1) is 0 Å². The summed E-state index contributed by atoms with van der Waals surface area (Å²) in [6.45, 7) is 2.45. The number of aromatic nitrogens is 2. The van der Waals surface area contributed by atoms with Gasteiger partial charge < -0.3 is 4.90 Å². The van der Waals surface area contributed by atoms with Gasteiger partial charge in [0.2, 0.25) is 5.91 Å². The van der Waals surface area contributed by atoms with Crippen molar-refractivity contribution in [3.05, 3.63) is 16.7 Å². The van der Waals surface area contributed by atoms with Gasteiger partial charge in [0.1, 0.15) is 6.04 Å². The van der Waals surface area contributed by atoms with Gasteiger partial charge in [0, 0.05) is 51.3 Å². The molecular formula is C13H16ClN5O3S2. The standard InChI is InChI=1S/C13H16ClN5O3S2/c1-16-2-3-17-4-5-18(8-9(17)11(16)20)24(21,22)12-10(14)15-13-19(12)6-7-23-13/h6-7,9H,2-5,8H2,1H3. The first kappa shape index (κ1) is 16.3. The van der Waals surface area contributed by atoms with Crippen molar-refractivity contribution >= 4 is 43.8 Å². The van der Waals surface area contributed by atoms with Crippen LogP contribution in [0.1, 0.15) is 0 Å². The number of nitrogens with zero attached hydrogens (tertiary/aromatic N) is 5. The summed E-state index contributed by atoms with van der Waals surface area (Å²) in [7, 11) is -2.08. The number of carbonyl (C=O) groups excluding carboxylic acids is 1. The largest absolute Gasteiger partial charge is 0.343 e. The molecular weight excluding hydrogens is 374 g/mol. The van der Waals surface area contributed by atoms with Gasteiger partial charge in [-0.15, -0.1) is 11.3 Å². The Labute approximate surface area is 148 Å². The van der Waals surface area contributed by atoms with Gasteiger partial charge in [-0.25, -0.2) is 13.4 Å². The summed E-state index contributed by atoms with van der Waals surface area (Å²) < 4.78 is 29.0. The van der Waals surface area contributed by atoms with E-state index in [0.717, 1.165) is 6.54 Å². The third-order valence-electron chi connectivity index (χ3n) is 4.60. The third-order valence-corrected chi connectivity index (χ3v) is 7.62. The summed E-state index contributed by atoms with van der Waals surface area (Å²) in [5, 5.41) is 1.71. The number of halogens is 1. The Morgan fingerprint density at radius 1 is 1.29 bits per heavy atom. The van der Waals surface area contributed by atoms with Crippen molar-refractivity contribution in [2.45, 2.75) is 11.1 Å². The van der Waals surface area contributed by atoms with E-state index in [1.807, 2.05) is 4.90 Å². The van der Waals surface area contributed by atoms with Crippen molar-refractivity contribution in [2.24, 2.45) is 0 Å². The van der Waals surface area contributed by atoms with Gasteiger partial charge in [-0.1, -0.05) is 11.6 Å². The van der Waals surface area contributed by atoms with Gasteiger partial charge in [-0.2, -0.15) is 4.31 Å². The monoisotopic (exact) mass is 389 g/mol. The van der Waals surface area contributed by atoms with E-state index >= 15 is 0 Å². The van der Waals surface area contributed by atoms with Crippen LogP contribution in [0.15, 0.2) is 16.6 Å². The second-order valence-electron chi connectivity index (χ2n) is 5.94. The summed E-state index contributed by atoms with van der Waals surface area (Å²) in [6, 6.07) is -0.433. The van der Waals surface area contributed by atoms with Crippen LogP contribution in [0.5, 0.6) is 0 Å². The lowest BCUT2D eigenvalue weighted by Crippen LogP contribution is -2.64. The molecule has 1 atom stereocenters. The average molecular weight is 390 g/mol. The molecule has 2 aliphatic rings. The lowest BCUT2D eigenvalue weighted by atomic mass is 10.1. The molecule has 2 aromatic heterocycles. The van der Waals surface area contributed by atoms with E-state index < -0.39 is 16.1 Å². The van der Waals surface area contributed by atoms with Crippen LogP contribution in [0.25, 0.3) is 4.96 Å². The van der Waals surface area contributed by atoms with Crippen molar-refractivity contribution in [2.75, 3.05) is 39.8 Å². The quantitative estimate of drug-likeness (QED) is 0.733. The summed E-state index contributed by atoms with van der Waals surface area (Å²) in [6.07, 6.45) is 1.64. The van der Waals surface area contributed by atoms with Gasteiger partial charge in [-0.05, 0) is 0 Å². The Bertz CT molecular complexity index is 908. The van der Waals surface area contributed by atoms with Gasteiger partial charge in [-0.3, -0.25) is 14.1 Å². The molecule has 8 nitrogen and oxygen atoms in total.